The molecule has 0 unspecified atom stereocenters. The first-order chi connectivity index (χ1) is 15.0. The standard InChI is InChI=1S/C25H28N4O2/c1-18-22(19(2)29(27-18)20-11-5-3-6-12-20)17-24(30)26-23-14-8-7-13-21(23)25(31)28-15-9-4-10-16-28/h3,5-8,11-14H,4,9-10,15-17H2,1-2H3,(H,26,30). The van der Waals surface area contributed by atoms with Crippen LogP contribution in [0.4, 0.5) is 5.69 Å². The van der Waals surface area contributed by atoms with Crippen LogP contribution in [-0.4, -0.2) is 39.6 Å². The van der Waals surface area contributed by atoms with E-state index in [4.69, 9.17) is 0 Å². The number of hydrogen-bond acceptors (Lipinski definition) is 3. The highest BCUT2D eigenvalue weighted by molar-refractivity contribution is 6.04. The van der Waals surface area contributed by atoms with E-state index >= 15 is 0 Å². The molecule has 4 rings (SSSR count). The van der Waals surface area contributed by atoms with Crippen molar-refractivity contribution < 1.29 is 9.59 Å². The van der Waals surface area contributed by atoms with Gasteiger partial charge in [0.25, 0.3) is 5.91 Å². The predicted molar refractivity (Wildman–Crippen MR) is 122 cm³/mol. The molecule has 160 valence electrons. The monoisotopic (exact) mass is 416 g/mol. The average Bonchev–Trinajstić information content (AvgIpc) is 3.08. The van der Waals surface area contributed by atoms with E-state index in [0.29, 0.717) is 11.3 Å². The summed E-state index contributed by atoms with van der Waals surface area (Å²) in [6.45, 7) is 5.45. The number of rotatable bonds is 5. The zero-order valence-corrected chi connectivity index (χ0v) is 18.1. The van der Waals surface area contributed by atoms with Gasteiger partial charge in [0.2, 0.25) is 5.91 Å². The van der Waals surface area contributed by atoms with Gasteiger partial charge in [-0.2, -0.15) is 5.10 Å². The molecule has 6 heteroatoms. The van der Waals surface area contributed by atoms with Crippen molar-refractivity contribution in [3.05, 3.63) is 77.1 Å². The smallest absolute Gasteiger partial charge is 0.255 e. The van der Waals surface area contributed by atoms with Gasteiger partial charge in [-0.1, -0.05) is 30.3 Å². The van der Waals surface area contributed by atoms with Crippen molar-refractivity contribution in [2.45, 2.75) is 39.5 Å². The van der Waals surface area contributed by atoms with Crippen molar-refractivity contribution in [3.63, 3.8) is 0 Å². The van der Waals surface area contributed by atoms with E-state index in [1.807, 2.05) is 65.9 Å². The number of likely N-dealkylation sites (tertiary alicyclic amines) is 1. The molecule has 2 aromatic carbocycles. The Balaban J connectivity index is 1.51. The van der Waals surface area contributed by atoms with Gasteiger partial charge >= 0.3 is 0 Å². The van der Waals surface area contributed by atoms with Crippen molar-refractivity contribution in [1.82, 2.24) is 14.7 Å². The fourth-order valence-corrected chi connectivity index (χ4v) is 4.15. The first-order valence-corrected chi connectivity index (χ1v) is 10.8. The van der Waals surface area contributed by atoms with Crippen LogP contribution in [0.5, 0.6) is 0 Å². The molecule has 0 spiro atoms. The largest absolute Gasteiger partial charge is 0.339 e. The van der Waals surface area contributed by atoms with Crippen LogP contribution >= 0.6 is 0 Å². The number of hydrogen-bond donors (Lipinski definition) is 1. The summed E-state index contributed by atoms with van der Waals surface area (Å²) >= 11 is 0. The van der Waals surface area contributed by atoms with Crippen molar-refractivity contribution in [3.8, 4) is 5.69 Å². The van der Waals surface area contributed by atoms with Crippen LogP contribution in [0.3, 0.4) is 0 Å². The molecule has 0 bridgehead atoms. The molecule has 6 nitrogen and oxygen atoms in total. The zero-order chi connectivity index (χ0) is 21.8. The number of nitrogens with one attached hydrogen (secondary N) is 1. The molecule has 3 aromatic rings. The van der Waals surface area contributed by atoms with Crippen LogP contribution in [0.1, 0.15) is 46.6 Å². The van der Waals surface area contributed by atoms with E-state index in [1.165, 1.54) is 0 Å². The van der Waals surface area contributed by atoms with E-state index in [9.17, 15) is 9.59 Å². The van der Waals surface area contributed by atoms with Crippen LogP contribution in [0.2, 0.25) is 0 Å². The normalized spacial score (nSPS) is 13.8. The van der Waals surface area contributed by atoms with Crippen molar-refractivity contribution in [2.75, 3.05) is 18.4 Å². The molecule has 31 heavy (non-hydrogen) atoms. The third-order valence-electron chi connectivity index (χ3n) is 5.85. The lowest BCUT2D eigenvalue weighted by Gasteiger charge is -2.27. The minimum absolute atomic E-state index is 0.0140. The van der Waals surface area contributed by atoms with Crippen LogP contribution in [-0.2, 0) is 11.2 Å². The number of carbonyl (C=O) groups is 2. The van der Waals surface area contributed by atoms with Gasteiger partial charge in [-0.15, -0.1) is 0 Å². The fourth-order valence-electron chi connectivity index (χ4n) is 4.15. The predicted octanol–water partition coefficient (Wildman–Crippen LogP) is 4.30. The van der Waals surface area contributed by atoms with Gasteiger partial charge in [0.15, 0.2) is 0 Å². The highest BCUT2D eigenvalue weighted by Crippen LogP contribution is 2.22. The van der Waals surface area contributed by atoms with E-state index in [1.54, 1.807) is 12.1 Å². The van der Waals surface area contributed by atoms with Gasteiger partial charge < -0.3 is 10.2 Å². The van der Waals surface area contributed by atoms with Gasteiger partial charge in [0.05, 0.1) is 29.1 Å². The summed E-state index contributed by atoms with van der Waals surface area (Å²) in [4.78, 5) is 27.8. The number of nitrogens with zero attached hydrogens (tertiary/aromatic N) is 3. The molecule has 2 amide bonds. The number of aryl methyl sites for hydroxylation is 1. The first-order valence-electron chi connectivity index (χ1n) is 10.8. The first kappa shape index (κ1) is 20.8. The van der Waals surface area contributed by atoms with Crippen LogP contribution < -0.4 is 5.32 Å². The lowest BCUT2D eigenvalue weighted by molar-refractivity contribution is -0.115. The van der Waals surface area contributed by atoms with Gasteiger partial charge in [0.1, 0.15) is 0 Å². The quantitative estimate of drug-likeness (QED) is 0.674. The maximum atomic E-state index is 13.0. The second-order valence-corrected chi connectivity index (χ2v) is 8.02. The number of piperidine rings is 1. The molecule has 1 saturated heterocycles. The van der Waals surface area contributed by atoms with Crippen molar-refractivity contribution in [1.29, 1.82) is 0 Å². The Morgan fingerprint density at radius 2 is 1.61 bits per heavy atom. The molecule has 1 fully saturated rings. The van der Waals surface area contributed by atoms with Crippen LogP contribution in [0, 0.1) is 13.8 Å². The van der Waals surface area contributed by atoms with Gasteiger partial charge in [-0.25, -0.2) is 4.68 Å². The molecule has 1 aromatic heterocycles. The molecule has 0 saturated carbocycles. The molecule has 1 N–H and O–H groups in total. The summed E-state index contributed by atoms with van der Waals surface area (Å²) in [6.07, 6.45) is 3.43. The minimum atomic E-state index is -0.155. The Kier molecular flexibility index (Phi) is 6.16. The molecule has 1 aliphatic heterocycles. The summed E-state index contributed by atoms with van der Waals surface area (Å²) in [6, 6.07) is 17.1. The number of anilines is 1. The molecular formula is C25H28N4O2. The Labute approximate surface area is 182 Å². The molecule has 0 aliphatic carbocycles. The van der Waals surface area contributed by atoms with Gasteiger partial charge in [-0.3, -0.25) is 9.59 Å². The Bertz CT molecular complexity index is 1080. The summed E-state index contributed by atoms with van der Waals surface area (Å²) in [7, 11) is 0. The fraction of sp³-hybridized carbons (Fsp3) is 0.320. The van der Waals surface area contributed by atoms with Crippen molar-refractivity contribution in [2.24, 2.45) is 0 Å². The number of carbonyl (C=O) groups excluding carboxylic acids is 2. The SMILES string of the molecule is Cc1nn(-c2ccccc2)c(C)c1CC(=O)Nc1ccccc1C(=O)N1CCCCC1. The van der Waals surface area contributed by atoms with E-state index < -0.39 is 0 Å². The average molecular weight is 417 g/mol. The minimum Gasteiger partial charge on any atom is -0.339 e. The topological polar surface area (TPSA) is 67.2 Å². The second-order valence-electron chi connectivity index (χ2n) is 8.02. The molecule has 0 atom stereocenters. The van der Waals surface area contributed by atoms with E-state index in [-0.39, 0.29) is 18.2 Å². The maximum Gasteiger partial charge on any atom is 0.255 e. The number of amides is 2. The Morgan fingerprint density at radius 3 is 2.35 bits per heavy atom. The van der Waals surface area contributed by atoms with E-state index in [2.05, 4.69) is 10.4 Å². The summed E-state index contributed by atoms with van der Waals surface area (Å²) < 4.78 is 1.87. The van der Waals surface area contributed by atoms with Crippen LogP contribution in [0.15, 0.2) is 54.6 Å². The van der Waals surface area contributed by atoms with Crippen molar-refractivity contribution >= 4 is 17.5 Å². The molecular weight excluding hydrogens is 388 g/mol. The summed E-state index contributed by atoms with van der Waals surface area (Å²) in [5.74, 6) is -0.169. The third kappa shape index (κ3) is 4.53. The highest BCUT2D eigenvalue weighted by atomic mass is 16.2. The second kappa shape index (κ2) is 9.16. The van der Waals surface area contributed by atoms with Gasteiger partial charge in [-0.05, 0) is 57.4 Å². The molecule has 0 radical (unpaired) electrons. The number of benzene rings is 2. The summed E-state index contributed by atoms with van der Waals surface area (Å²) in [5, 5.41) is 7.58. The summed E-state index contributed by atoms with van der Waals surface area (Å²) in [5.41, 5.74) is 4.75. The highest BCUT2D eigenvalue weighted by Gasteiger charge is 2.22. The molecule has 2 heterocycles. The number of para-hydroxylation sites is 2. The zero-order valence-electron chi connectivity index (χ0n) is 18.1. The maximum absolute atomic E-state index is 13.0. The van der Waals surface area contributed by atoms with Crippen LogP contribution in [0.25, 0.3) is 5.69 Å². The Hall–Kier alpha value is -3.41. The lowest BCUT2D eigenvalue weighted by Crippen LogP contribution is -2.36. The third-order valence-corrected chi connectivity index (χ3v) is 5.85. The number of aromatic nitrogens is 2. The molecule has 1 aliphatic rings. The lowest BCUT2D eigenvalue weighted by atomic mass is 10.1. The Morgan fingerprint density at radius 1 is 0.935 bits per heavy atom. The van der Waals surface area contributed by atoms with E-state index in [0.717, 1.165) is 55.0 Å². The van der Waals surface area contributed by atoms with Gasteiger partial charge in [0, 0.05) is 24.3 Å².